The number of halogens is 1. The van der Waals surface area contributed by atoms with Crippen molar-refractivity contribution in [3.05, 3.63) is 24.0 Å². The van der Waals surface area contributed by atoms with Crippen LogP contribution in [0.1, 0.15) is 12.8 Å². The first-order valence-electron chi connectivity index (χ1n) is 8.16. The van der Waals surface area contributed by atoms with Crippen LogP contribution in [0.15, 0.2) is 23.1 Å². The summed E-state index contributed by atoms with van der Waals surface area (Å²) in [7, 11) is -2.44. The van der Waals surface area contributed by atoms with Gasteiger partial charge in [-0.05, 0) is 37.0 Å². The third-order valence-corrected chi connectivity index (χ3v) is 6.61. The number of nitrogens with zero attached hydrogens (tertiary/aromatic N) is 2. The average molecular weight is 358 g/mol. The van der Waals surface area contributed by atoms with E-state index in [2.05, 4.69) is 4.90 Å². The fourth-order valence-corrected chi connectivity index (χ4v) is 4.63. The van der Waals surface area contributed by atoms with Crippen LogP contribution >= 0.6 is 0 Å². The van der Waals surface area contributed by atoms with Gasteiger partial charge in [0.2, 0.25) is 10.0 Å². The number of rotatable bonds is 6. The molecular weight excluding hydrogens is 335 g/mol. The molecular formula is C16H23FN2O4S. The Morgan fingerprint density at radius 3 is 2.54 bits per heavy atom. The van der Waals surface area contributed by atoms with Crippen molar-refractivity contribution < 1.29 is 22.7 Å². The molecule has 0 spiro atoms. The molecule has 2 fully saturated rings. The number of benzene rings is 1. The molecule has 1 aromatic rings. The lowest BCUT2D eigenvalue weighted by molar-refractivity contribution is 0.0781. The van der Waals surface area contributed by atoms with Crippen LogP contribution in [0.5, 0.6) is 5.75 Å². The van der Waals surface area contributed by atoms with Crippen molar-refractivity contribution in [3.8, 4) is 5.75 Å². The van der Waals surface area contributed by atoms with E-state index in [1.54, 1.807) is 0 Å². The van der Waals surface area contributed by atoms with Gasteiger partial charge in [0.05, 0.1) is 13.2 Å². The van der Waals surface area contributed by atoms with Crippen molar-refractivity contribution in [2.75, 3.05) is 39.8 Å². The van der Waals surface area contributed by atoms with E-state index >= 15 is 0 Å². The molecule has 0 aromatic heterocycles. The van der Waals surface area contributed by atoms with Gasteiger partial charge >= 0.3 is 0 Å². The van der Waals surface area contributed by atoms with E-state index in [0.717, 1.165) is 18.9 Å². The second kappa shape index (κ2) is 6.95. The monoisotopic (exact) mass is 358 g/mol. The quantitative estimate of drug-likeness (QED) is 0.819. The first kappa shape index (κ1) is 17.6. The molecule has 134 valence electrons. The lowest BCUT2D eigenvalue weighted by atomic mass is 10.2. The summed E-state index contributed by atoms with van der Waals surface area (Å²) in [4.78, 5) is 1.94. The van der Waals surface area contributed by atoms with Crippen molar-refractivity contribution in [3.63, 3.8) is 0 Å². The minimum Gasteiger partial charge on any atom is -0.495 e. The Morgan fingerprint density at radius 1 is 1.29 bits per heavy atom. The first-order valence-corrected chi connectivity index (χ1v) is 9.60. The Bertz CT molecular complexity index is 685. The highest BCUT2D eigenvalue weighted by molar-refractivity contribution is 7.89. The molecule has 1 N–H and O–H groups in total. The third kappa shape index (κ3) is 3.72. The zero-order valence-corrected chi connectivity index (χ0v) is 14.5. The van der Waals surface area contributed by atoms with Crippen LogP contribution in [0.2, 0.25) is 0 Å². The molecule has 0 amide bonds. The maximum atomic E-state index is 13.5. The molecule has 1 saturated heterocycles. The molecule has 1 heterocycles. The second-order valence-corrected chi connectivity index (χ2v) is 8.31. The van der Waals surface area contributed by atoms with Crippen LogP contribution in [-0.4, -0.2) is 68.7 Å². The van der Waals surface area contributed by atoms with E-state index < -0.39 is 15.8 Å². The fraction of sp³-hybridized carbons (Fsp3) is 0.625. The summed E-state index contributed by atoms with van der Waals surface area (Å²) in [6.45, 7) is 2.34. The van der Waals surface area contributed by atoms with Crippen LogP contribution in [0.3, 0.4) is 0 Å². The molecule has 1 aliphatic heterocycles. The highest BCUT2D eigenvalue weighted by atomic mass is 32.2. The van der Waals surface area contributed by atoms with Gasteiger partial charge in [0.15, 0.2) is 0 Å². The third-order valence-electron chi connectivity index (χ3n) is 4.69. The van der Waals surface area contributed by atoms with E-state index in [-0.39, 0.29) is 16.7 Å². The molecule has 6 nitrogen and oxygen atoms in total. The summed E-state index contributed by atoms with van der Waals surface area (Å²) < 4.78 is 45.5. The van der Waals surface area contributed by atoms with E-state index in [9.17, 15) is 17.9 Å². The molecule has 1 saturated carbocycles. The van der Waals surface area contributed by atoms with Gasteiger partial charge in [-0.1, -0.05) is 0 Å². The Morgan fingerprint density at radius 2 is 1.96 bits per heavy atom. The molecule has 1 aromatic carbocycles. The zero-order valence-electron chi connectivity index (χ0n) is 13.7. The van der Waals surface area contributed by atoms with E-state index in [4.69, 9.17) is 4.74 Å². The van der Waals surface area contributed by atoms with Gasteiger partial charge < -0.3 is 9.84 Å². The summed E-state index contributed by atoms with van der Waals surface area (Å²) in [5.74, 6) is -0.0631. The molecule has 24 heavy (non-hydrogen) atoms. The van der Waals surface area contributed by atoms with Gasteiger partial charge in [-0.3, -0.25) is 4.90 Å². The van der Waals surface area contributed by atoms with Crippen molar-refractivity contribution in [1.82, 2.24) is 9.21 Å². The number of hydrogen-bond acceptors (Lipinski definition) is 5. The Balaban J connectivity index is 1.67. The number of aliphatic hydroxyl groups excluding tert-OH is 1. The lowest BCUT2D eigenvalue weighted by Crippen LogP contribution is -2.50. The Hall–Kier alpha value is -1.22. The molecule has 1 aliphatic carbocycles. The number of piperazine rings is 1. The smallest absolute Gasteiger partial charge is 0.246 e. The van der Waals surface area contributed by atoms with Crippen LogP contribution in [0.25, 0.3) is 0 Å². The number of aliphatic hydroxyl groups is 1. The topological polar surface area (TPSA) is 70.1 Å². The van der Waals surface area contributed by atoms with Gasteiger partial charge in [0.1, 0.15) is 16.5 Å². The van der Waals surface area contributed by atoms with Crippen molar-refractivity contribution in [2.24, 2.45) is 5.92 Å². The maximum Gasteiger partial charge on any atom is 0.246 e. The van der Waals surface area contributed by atoms with Gasteiger partial charge in [-0.2, -0.15) is 4.31 Å². The predicted octanol–water partition coefficient (Wildman–Crippen LogP) is 0.911. The molecule has 0 bridgehead atoms. The van der Waals surface area contributed by atoms with Gasteiger partial charge in [-0.25, -0.2) is 12.8 Å². The van der Waals surface area contributed by atoms with E-state index in [0.29, 0.717) is 38.6 Å². The fourth-order valence-electron chi connectivity index (χ4n) is 3.04. The molecule has 0 radical (unpaired) electrons. The van der Waals surface area contributed by atoms with Crippen LogP contribution in [0.4, 0.5) is 4.39 Å². The number of hydrogen-bond donors (Lipinski definition) is 1. The van der Waals surface area contributed by atoms with Crippen molar-refractivity contribution >= 4 is 10.0 Å². The van der Waals surface area contributed by atoms with Gasteiger partial charge in [-0.15, -0.1) is 0 Å². The summed E-state index contributed by atoms with van der Waals surface area (Å²) in [6.07, 6.45) is 1.83. The highest BCUT2D eigenvalue weighted by Crippen LogP contribution is 2.33. The first-order chi connectivity index (χ1) is 11.4. The summed E-state index contributed by atoms with van der Waals surface area (Å²) in [6, 6.07) is 3.50. The van der Waals surface area contributed by atoms with E-state index in [1.807, 2.05) is 0 Å². The number of sulfonamides is 1. The standard InChI is InChI=1S/C16H23FN2O4S/c1-23-15-5-4-13(17)10-16(15)24(21,22)19-8-6-18(7-9-19)11-14(20)12-2-3-12/h4-5,10,12,14,20H,2-3,6-9,11H2,1H3/t14-/m0/s1. The normalized spacial score (nSPS) is 21.6. The molecule has 0 unspecified atom stereocenters. The minimum absolute atomic E-state index is 0.142. The second-order valence-electron chi connectivity index (χ2n) is 6.40. The molecule has 2 aliphatic rings. The summed E-state index contributed by atoms with van der Waals surface area (Å²) >= 11 is 0. The Labute approximate surface area is 141 Å². The number of β-amino-alcohol motifs (C(OH)–C–C–N with tert-alkyl or cyclic N) is 1. The summed E-state index contributed by atoms with van der Waals surface area (Å²) in [5, 5.41) is 10.0. The van der Waals surface area contributed by atoms with Gasteiger partial charge in [0.25, 0.3) is 0 Å². The number of methoxy groups -OCH3 is 1. The summed E-state index contributed by atoms with van der Waals surface area (Å²) in [5.41, 5.74) is 0. The van der Waals surface area contributed by atoms with Crippen LogP contribution in [0, 0.1) is 11.7 Å². The lowest BCUT2D eigenvalue weighted by Gasteiger charge is -2.35. The molecule has 3 rings (SSSR count). The number of ether oxygens (including phenoxy) is 1. The molecule has 1 atom stereocenters. The predicted molar refractivity (Wildman–Crippen MR) is 86.9 cm³/mol. The van der Waals surface area contributed by atoms with Gasteiger partial charge in [0, 0.05) is 32.7 Å². The van der Waals surface area contributed by atoms with E-state index in [1.165, 1.54) is 23.5 Å². The highest BCUT2D eigenvalue weighted by Gasteiger charge is 2.34. The van der Waals surface area contributed by atoms with Crippen molar-refractivity contribution in [1.29, 1.82) is 0 Å². The zero-order chi connectivity index (χ0) is 17.3. The minimum atomic E-state index is -3.80. The Kier molecular flexibility index (Phi) is 5.10. The maximum absolute atomic E-state index is 13.5. The SMILES string of the molecule is COc1ccc(F)cc1S(=O)(=O)N1CCN(C[C@H](O)C2CC2)CC1. The largest absolute Gasteiger partial charge is 0.495 e. The van der Waals surface area contributed by atoms with Crippen molar-refractivity contribution in [2.45, 2.75) is 23.8 Å². The average Bonchev–Trinajstić information content (AvgIpc) is 3.40. The van der Waals surface area contributed by atoms with Crippen LogP contribution < -0.4 is 4.74 Å². The molecule has 8 heteroatoms. The van der Waals surface area contributed by atoms with Crippen LogP contribution in [-0.2, 0) is 10.0 Å².